The highest BCUT2D eigenvalue weighted by atomic mass is 35.5. The maximum absolute atomic E-state index is 6.16. The van der Waals surface area contributed by atoms with E-state index in [4.69, 9.17) is 16.3 Å². The van der Waals surface area contributed by atoms with E-state index in [1.54, 1.807) is 11.3 Å². The monoisotopic (exact) mass is 270 g/mol. The van der Waals surface area contributed by atoms with E-state index < -0.39 is 0 Å². The van der Waals surface area contributed by atoms with Crippen LogP contribution in [0.1, 0.15) is 20.3 Å². The van der Waals surface area contributed by atoms with Gasteiger partial charge in [0.1, 0.15) is 11.3 Å². The molecule has 0 radical (unpaired) electrons. The lowest BCUT2D eigenvalue weighted by Gasteiger charge is -2.05. The summed E-state index contributed by atoms with van der Waals surface area (Å²) < 4.78 is 6.66. The summed E-state index contributed by atoms with van der Waals surface area (Å²) in [7, 11) is 0. The Morgan fingerprint density at radius 1 is 1.41 bits per heavy atom. The topological polar surface area (TPSA) is 34.1 Å². The first-order chi connectivity index (χ1) is 8.26. The number of hydrogen-bond acceptors (Lipinski definition) is 4. The Morgan fingerprint density at radius 2 is 2.24 bits per heavy atom. The Bertz CT molecular complexity index is 512. The van der Waals surface area contributed by atoms with Crippen molar-refractivity contribution in [3.05, 3.63) is 17.2 Å². The zero-order valence-electron chi connectivity index (χ0n) is 9.92. The summed E-state index contributed by atoms with van der Waals surface area (Å²) >= 11 is 7.73. The third-order valence-corrected chi connectivity index (χ3v) is 3.72. The zero-order chi connectivity index (χ0) is 12.3. The van der Waals surface area contributed by atoms with E-state index in [0.717, 1.165) is 39.1 Å². The van der Waals surface area contributed by atoms with Crippen LogP contribution in [-0.2, 0) is 0 Å². The molecule has 2 aromatic rings. The van der Waals surface area contributed by atoms with Crippen LogP contribution in [0.2, 0.25) is 5.02 Å². The van der Waals surface area contributed by atoms with Gasteiger partial charge < -0.3 is 10.1 Å². The molecule has 5 heteroatoms. The first-order valence-corrected chi connectivity index (χ1v) is 6.91. The molecule has 0 bridgehead atoms. The van der Waals surface area contributed by atoms with Crippen molar-refractivity contribution in [1.29, 1.82) is 0 Å². The number of thiazole rings is 1. The number of nitrogens with zero attached hydrogens (tertiary/aromatic N) is 1. The van der Waals surface area contributed by atoms with Gasteiger partial charge in [0.15, 0.2) is 5.13 Å². The van der Waals surface area contributed by atoms with Crippen molar-refractivity contribution in [2.24, 2.45) is 0 Å². The van der Waals surface area contributed by atoms with Gasteiger partial charge >= 0.3 is 0 Å². The minimum absolute atomic E-state index is 0.699. The number of nitrogens with one attached hydrogen (secondary N) is 1. The molecule has 0 spiro atoms. The number of fused-ring (bicyclic) bond motifs is 1. The van der Waals surface area contributed by atoms with Crippen LogP contribution in [0.5, 0.6) is 5.75 Å². The summed E-state index contributed by atoms with van der Waals surface area (Å²) in [6.07, 6.45) is 0.980. The third-order valence-electron chi connectivity index (χ3n) is 2.25. The molecule has 0 aliphatic carbocycles. The predicted molar refractivity (Wildman–Crippen MR) is 74.6 cm³/mol. The van der Waals surface area contributed by atoms with Crippen LogP contribution >= 0.6 is 22.9 Å². The zero-order valence-corrected chi connectivity index (χ0v) is 11.5. The summed E-state index contributed by atoms with van der Waals surface area (Å²) in [5.74, 6) is 0.812. The third kappa shape index (κ3) is 2.64. The molecule has 0 atom stereocenters. The number of benzene rings is 1. The molecular weight excluding hydrogens is 256 g/mol. The fourth-order valence-corrected chi connectivity index (χ4v) is 2.73. The minimum atomic E-state index is 0.699. The molecule has 17 heavy (non-hydrogen) atoms. The van der Waals surface area contributed by atoms with Crippen molar-refractivity contribution >= 4 is 38.3 Å². The van der Waals surface area contributed by atoms with Crippen molar-refractivity contribution in [2.45, 2.75) is 20.3 Å². The summed E-state index contributed by atoms with van der Waals surface area (Å²) in [6.45, 7) is 5.67. The molecule has 1 aromatic carbocycles. The normalized spacial score (nSPS) is 10.8. The molecule has 2 rings (SSSR count). The second-order valence-corrected chi connectivity index (χ2v) is 5.03. The number of hydrogen-bond donors (Lipinski definition) is 1. The van der Waals surface area contributed by atoms with Crippen molar-refractivity contribution in [2.75, 3.05) is 18.5 Å². The number of halogens is 1. The maximum atomic E-state index is 6.16. The average molecular weight is 271 g/mol. The molecule has 92 valence electrons. The van der Waals surface area contributed by atoms with Gasteiger partial charge in [-0.3, -0.25) is 0 Å². The highest BCUT2D eigenvalue weighted by Gasteiger charge is 2.11. The molecule has 1 aromatic heterocycles. The van der Waals surface area contributed by atoms with E-state index >= 15 is 0 Å². The molecular formula is C12H15ClN2OS. The molecule has 1 heterocycles. The highest BCUT2D eigenvalue weighted by Crippen LogP contribution is 2.37. The van der Waals surface area contributed by atoms with Crippen LogP contribution in [0.15, 0.2) is 12.1 Å². The lowest BCUT2D eigenvalue weighted by Crippen LogP contribution is -1.96. The van der Waals surface area contributed by atoms with Gasteiger partial charge in [-0.1, -0.05) is 29.9 Å². The number of aromatic nitrogens is 1. The van der Waals surface area contributed by atoms with Gasteiger partial charge in [0, 0.05) is 6.54 Å². The molecule has 0 saturated carbocycles. The molecule has 0 unspecified atom stereocenters. The van der Waals surface area contributed by atoms with E-state index in [-0.39, 0.29) is 0 Å². The van der Waals surface area contributed by atoms with Crippen molar-refractivity contribution in [3.8, 4) is 5.75 Å². The average Bonchev–Trinajstić information content (AvgIpc) is 2.74. The van der Waals surface area contributed by atoms with Crippen LogP contribution in [0.3, 0.4) is 0 Å². The second kappa shape index (κ2) is 5.56. The van der Waals surface area contributed by atoms with E-state index in [1.807, 2.05) is 19.1 Å². The Balaban J connectivity index is 2.43. The van der Waals surface area contributed by atoms with Gasteiger partial charge in [0.25, 0.3) is 0 Å². The van der Waals surface area contributed by atoms with E-state index in [0.29, 0.717) is 6.61 Å². The molecule has 3 nitrogen and oxygen atoms in total. The SMILES string of the molecule is CCCOc1ccc(Cl)c2sc(NCC)nc12. The highest BCUT2D eigenvalue weighted by molar-refractivity contribution is 7.22. The molecule has 0 amide bonds. The van der Waals surface area contributed by atoms with Crippen molar-refractivity contribution in [3.63, 3.8) is 0 Å². The first kappa shape index (κ1) is 12.5. The number of anilines is 1. The molecule has 0 aliphatic rings. The maximum Gasteiger partial charge on any atom is 0.183 e. The van der Waals surface area contributed by atoms with Gasteiger partial charge in [0.2, 0.25) is 0 Å². The van der Waals surface area contributed by atoms with Gasteiger partial charge in [-0.25, -0.2) is 4.98 Å². The molecule has 1 N–H and O–H groups in total. The molecule has 0 saturated heterocycles. The predicted octanol–water partition coefficient (Wildman–Crippen LogP) is 4.17. The van der Waals surface area contributed by atoms with E-state index in [2.05, 4.69) is 17.2 Å². The summed E-state index contributed by atoms with van der Waals surface area (Å²) in [5, 5.41) is 4.81. The van der Waals surface area contributed by atoms with Gasteiger partial charge in [-0.05, 0) is 25.5 Å². The van der Waals surface area contributed by atoms with Gasteiger partial charge in [-0.2, -0.15) is 0 Å². The van der Waals surface area contributed by atoms with Gasteiger partial charge in [-0.15, -0.1) is 0 Å². The largest absolute Gasteiger partial charge is 0.491 e. The van der Waals surface area contributed by atoms with Crippen molar-refractivity contribution in [1.82, 2.24) is 4.98 Å². The minimum Gasteiger partial charge on any atom is -0.491 e. The molecule has 0 fully saturated rings. The summed E-state index contributed by atoms with van der Waals surface area (Å²) in [5.41, 5.74) is 0.854. The smallest absolute Gasteiger partial charge is 0.183 e. The van der Waals surface area contributed by atoms with Crippen LogP contribution in [0, 0.1) is 0 Å². The van der Waals surface area contributed by atoms with E-state index in [1.165, 1.54) is 0 Å². The van der Waals surface area contributed by atoms with Crippen LogP contribution < -0.4 is 10.1 Å². The van der Waals surface area contributed by atoms with Gasteiger partial charge in [0.05, 0.1) is 16.3 Å². The van der Waals surface area contributed by atoms with Crippen LogP contribution in [0.25, 0.3) is 10.2 Å². The Morgan fingerprint density at radius 3 is 2.94 bits per heavy atom. The second-order valence-electron chi connectivity index (χ2n) is 3.62. The lowest BCUT2D eigenvalue weighted by molar-refractivity contribution is 0.320. The molecule has 0 aliphatic heterocycles. The number of ether oxygens (including phenoxy) is 1. The Kier molecular flexibility index (Phi) is 4.07. The van der Waals surface area contributed by atoms with Crippen LogP contribution in [-0.4, -0.2) is 18.1 Å². The van der Waals surface area contributed by atoms with E-state index in [9.17, 15) is 0 Å². The summed E-state index contributed by atoms with van der Waals surface area (Å²) in [4.78, 5) is 4.51. The quantitative estimate of drug-likeness (QED) is 0.885. The number of rotatable bonds is 5. The lowest BCUT2D eigenvalue weighted by atomic mass is 10.3. The fraction of sp³-hybridized carbons (Fsp3) is 0.417. The van der Waals surface area contributed by atoms with Crippen LogP contribution in [0.4, 0.5) is 5.13 Å². The first-order valence-electron chi connectivity index (χ1n) is 5.72. The van der Waals surface area contributed by atoms with Crippen molar-refractivity contribution < 1.29 is 4.74 Å². The Labute approximate surface area is 110 Å². The Hall–Kier alpha value is -1.00. The summed E-state index contributed by atoms with van der Waals surface area (Å²) in [6, 6.07) is 3.75. The fourth-order valence-electron chi connectivity index (χ4n) is 1.51. The standard InChI is InChI=1S/C12H15ClN2OS/c1-3-7-16-9-6-5-8(13)11-10(9)15-12(17-11)14-4-2/h5-6H,3-4,7H2,1-2H3,(H,14,15).